The SMILES string of the molecule is Cc1c(Cl)cccc1NC(=O)CCn1c(=O)c2cccn2c2cccnc21. The zero-order chi connectivity index (χ0) is 19.0. The number of pyridine rings is 1. The zero-order valence-corrected chi connectivity index (χ0v) is 15.4. The van der Waals surface area contributed by atoms with Crippen molar-refractivity contribution in [3.63, 3.8) is 0 Å². The van der Waals surface area contributed by atoms with Crippen LogP contribution in [0.5, 0.6) is 0 Å². The Bertz CT molecular complexity index is 1230. The number of halogens is 1. The zero-order valence-electron chi connectivity index (χ0n) is 14.6. The van der Waals surface area contributed by atoms with Crippen molar-refractivity contribution in [3.05, 3.63) is 75.8 Å². The van der Waals surface area contributed by atoms with Crippen molar-refractivity contribution < 1.29 is 4.79 Å². The number of fused-ring (bicyclic) bond motifs is 3. The molecule has 4 aromatic rings. The fourth-order valence-electron chi connectivity index (χ4n) is 3.16. The molecule has 3 heterocycles. The molecule has 0 radical (unpaired) electrons. The molecule has 0 saturated heterocycles. The van der Waals surface area contributed by atoms with Crippen LogP contribution in [0.2, 0.25) is 5.02 Å². The minimum absolute atomic E-state index is 0.147. The Morgan fingerprint density at radius 1 is 1.15 bits per heavy atom. The largest absolute Gasteiger partial charge is 0.326 e. The minimum Gasteiger partial charge on any atom is -0.326 e. The van der Waals surface area contributed by atoms with E-state index in [1.807, 2.05) is 35.7 Å². The predicted octanol–water partition coefficient (Wildman–Crippen LogP) is 3.64. The number of nitrogens with zero attached hydrogens (tertiary/aromatic N) is 3. The summed E-state index contributed by atoms with van der Waals surface area (Å²) in [7, 11) is 0. The molecule has 0 bridgehead atoms. The van der Waals surface area contributed by atoms with E-state index in [9.17, 15) is 9.59 Å². The molecular formula is C20H17ClN4O2. The number of hydrogen-bond donors (Lipinski definition) is 1. The number of carbonyl (C=O) groups excluding carboxylic acids is 1. The van der Waals surface area contributed by atoms with Gasteiger partial charge in [0.2, 0.25) is 5.91 Å². The van der Waals surface area contributed by atoms with Crippen LogP contribution in [0, 0.1) is 6.92 Å². The van der Waals surface area contributed by atoms with Gasteiger partial charge < -0.3 is 9.72 Å². The second-order valence-electron chi connectivity index (χ2n) is 6.28. The third-order valence-corrected chi connectivity index (χ3v) is 5.01. The number of rotatable bonds is 4. The van der Waals surface area contributed by atoms with Gasteiger partial charge in [0.15, 0.2) is 5.65 Å². The first-order valence-electron chi connectivity index (χ1n) is 8.56. The highest BCUT2D eigenvalue weighted by Crippen LogP contribution is 2.23. The van der Waals surface area contributed by atoms with Gasteiger partial charge in [-0.25, -0.2) is 4.98 Å². The highest BCUT2D eigenvalue weighted by Gasteiger charge is 2.13. The maximum absolute atomic E-state index is 12.8. The summed E-state index contributed by atoms with van der Waals surface area (Å²) in [6.45, 7) is 2.08. The molecule has 3 aromatic heterocycles. The summed E-state index contributed by atoms with van der Waals surface area (Å²) in [5, 5.41) is 3.45. The lowest BCUT2D eigenvalue weighted by atomic mass is 10.2. The van der Waals surface area contributed by atoms with Crippen LogP contribution < -0.4 is 10.9 Å². The molecule has 136 valence electrons. The van der Waals surface area contributed by atoms with Crippen molar-refractivity contribution >= 4 is 39.9 Å². The first-order chi connectivity index (χ1) is 13.1. The number of aryl methyl sites for hydroxylation is 1. The molecule has 7 heteroatoms. The number of amides is 1. The molecule has 4 rings (SSSR count). The smallest absolute Gasteiger partial charge is 0.276 e. The molecule has 0 spiro atoms. The summed E-state index contributed by atoms with van der Waals surface area (Å²) >= 11 is 6.09. The molecule has 0 aliphatic carbocycles. The van der Waals surface area contributed by atoms with Crippen LogP contribution in [0.15, 0.2) is 59.7 Å². The minimum atomic E-state index is -0.188. The van der Waals surface area contributed by atoms with Crippen LogP contribution in [0.1, 0.15) is 12.0 Å². The van der Waals surface area contributed by atoms with E-state index in [2.05, 4.69) is 10.3 Å². The quantitative estimate of drug-likeness (QED) is 0.587. The van der Waals surface area contributed by atoms with Crippen LogP contribution in [0.4, 0.5) is 5.69 Å². The predicted molar refractivity (Wildman–Crippen MR) is 106 cm³/mol. The van der Waals surface area contributed by atoms with Crippen LogP contribution in [-0.4, -0.2) is 19.9 Å². The van der Waals surface area contributed by atoms with Gasteiger partial charge in [-0.1, -0.05) is 17.7 Å². The summed E-state index contributed by atoms with van der Waals surface area (Å²) in [4.78, 5) is 29.6. The Morgan fingerprint density at radius 3 is 2.81 bits per heavy atom. The van der Waals surface area contributed by atoms with Gasteiger partial charge in [-0.05, 0) is 48.9 Å². The highest BCUT2D eigenvalue weighted by atomic mass is 35.5. The molecule has 0 unspecified atom stereocenters. The van der Waals surface area contributed by atoms with Crippen LogP contribution in [0.25, 0.3) is 16.7 Å². The molecule has 0 fully saturated rings. The molecule has 0 aliphatic rings. The average molecular weight is 381 g/mol. The molecule has 1 amide bonds. The molecule has 27 heavy (non-hydrogen) atoms. The second kappa shape index (κ2) is 6.89. The molecule has 0 aliphatic heterocycles. The lowest BCUT2D eigenvalue weighted by Crippen LogP contribution is -2.25. The van der Waals surface area contributed by atoms with Crippen molar-refractivity contribution in [1.29, 1.82) is 0 Å². The Balaban J connectivity index is 1.63. The van der Waals surface area contributed by atoms with Crippen molar-refractivity contribution in [3.8, 4) is 0 Å². The summed E-state index contributed by atoms with van der Waals surface area (Å²) in [5.74, 6) is -0.188. The van der Waals surface area contributed by atoms with Crippen LogP contribution >= 0.6 is 11.6 Å². The normalized spacial score (nSPS) is 11.2. The van der Waals surface area contributed by atoms with E-state index in [-0.39, 0.29) is 24.4 Å². The topological polar surface area (TPSA) is 68.4 Å². The Kier molecular flexibility index (Phi) is 4.41. The maximum atomic E-state index is 12.8. The van der Waals surface area contributed by atoms with E-state index in [0.29, 0.717) is 21.9 Å². The number of carbonyl (C=O) groups is 1. The van der Waals surface area contributed by atoms with Gasteiger partial charge >= 0.3 is 0 Å². The van der Waals surface area contributed by atoms with E-state index < -0.39 is 0 Å². The van der Waals surface area contributed by atoms with Crippen molar-refractivity contribution in [1.82, 2.24) is 14.0 Å². The number of aromatic nitrogens is 3. The molecule has 6 nitrogen and oxygen atoms in total. The monoisotopic (exact) mass is 380 g/mol. The summed E-state index contributed by atoms with van der Waals surface area (Å²) < 4.78 is 3.37. The van der Waals surface area contributed by atoms with Crippen LogP contribution in [0.3, 0.4) is 0 Å². The van der Waals surface area contributed by atoms with Crippen molar-refractivity contribution in [2.45, 2.75) is 19.9 Å². The van der Waals surface area contributed by atoms with E-state index in [1.54, 1.807) is 35.0 Å². The average Bonchev–Trinajstić information content (AvgIpc) is 3.16. The third-order valence-electron chi connectivity index (χ3n) is 4.60. The highest BCUT2D eigenvalue weighted by molar-refractivity contribution is 6.31. The molecular weight excluding hydrogens is 364 g/mol. The van der Waals surface area contributed by atoms with Gasteiger partial charge in [0.05, 0.1) is 5.52 Å². The Labute approximate surface area is 160 Å². The van der Waals surface area contributed by atoms with E-state index in [4.69, 9.17) is 11.6 Å². The van der Waals surface area contributed by atoms with Gasteiger partial charge in [-0.2, -0.15) is 0 Å². The fourth-order valence-corrected chi connectivity index (χ4v) is 3.34. The van der Waals surface area contributed by atoms with Crippen molar-refractivity contribution in [2.75, 3.05) is 5.32 Å². The van der Waals surface area contributed by atoms with Gasteiger partial charge in [0, 0.05) is 36.1 Å². The third kappa shape index (κ3) is 3.08. The molecule has 0 saturated carbocycles. The van der Waals surface area contributed by atoms with Gasteiger partial charge in [0.25, 0.3) is 5.56 Å². The number of benzene rings is 1. The molecule has 1 aromatic carbocycles. The number of anilines is 1. The van der Waals surface area contributed by atoms with Crippen molar-refractivity contribution in [2.24, 2.45) is 0 Å². The number of nitrogens with one attached hydrogen (secondary N) is 1. The molecule has 0 atom stereocenters. The Hall–Kier alpha value is -3.12. The van der Waals surface area contributed by atoms with Gasteiger partial charge in [-0.15, -0.1) is 0 Å². The first-order valence-corrected chi connectivity index (χ1v) is 8.93. The maximum Gasteiger partial charge on any atom is 0.276 e. The fraction of sp³-hybridized carbons (Fsp3) is 0.150. The number of hydrogen-bond acceptors (Lipinski definition) is 3. The van der Waals surface area contributed by atoms with E-state index in [1.165, 1.54) is 0 Å². The van der Waals surface area contributed by atoms with Gasteiger partial charge in [0.1, 0.15) is 5.52 Å². The van der Waals surface area contributed by atoms with Crippen LogP contribution in [-0.2, 0) is 11.3 Å². The standard InChI is InChI=1S/C20H17ClN4O2/c1-13-14(21)5-2-6-15(13)23-18(26)9-12-25-19-16(7-3-10-22-19)24-11-4-8-17(24)20(25)27/h2-8,10-11H,9,12H2,1H3,(H,23,26). The second-order valence-corrected chi connectivity index (χ2v) is 6.68. The summed E-state index contributed by atoms with van der Waals surface area (Å²) in [6, 6.07) is 12.7. The summed E-state index contributed by atoms with van der Waals surface area (Å²) in [5.41, 5.74) is 3.25. The first kappa shape index (κ1) is 17.3. The molecule has 1 N–H and O–H groups in total. The lowest BCUT2D eigenvalue weighted by Gasteiger charge is -2.12. The van der Waals surface area contributed by atoms with E-state index in [0.717, 1.165) is 11.1 Å². The summed E-state index contributed by atoms with van der Waals surface area (Å²) in [6.07, 6.45) is 3.62. The Morgan fingerprint density at radius 2 is 1.96 bits per heavy atom. The lowest BCUT2D eigenvalue weighted by molar-refractivity contribution is -0.116. The van der Waals surface area contributed by atoms with E-state index >= 15 is 0 Å². The van der Waals surface area contributed by atoms with Gasteiger partial charge in [-0.3, -0.25) is 14.2 Å².